The van der Waals surface area contributed by atoms with Gasteiger partial charge in [-0.1, -0.05) is 30.3 Å². The number of benzene rings is 3. The Bertz CT molecular complexity index is 1050. The Balaban J connectivity index is 1.80. The summed E-state index contributed by atoms with van der Waals surface area (Å²) in [5.74, 6) is 1.61. The first kappa shape index (κ1) is 19.8. The maximum absolute atomic E-state index is 13.2. The summed E-state index contributed by atoms with van der Waals surface area (Å²) in [7, 11) is 4.76. The second kappa shape index (κ2) is 8.08. The van der Waals surface area contributed by atoms with Crippen molar-refractivity contribution in [3.05, 3.63) is 89.0 Å². The van der Waals surface area contributed by atoms with Crippen LogP contribution in [-0.4, -0.2) is 27.2 Å². The summed E-state index contributed by atoms with van der Waals surface area (Å²) in [5, 5.41) is 3.11. The molecule has 3 aromatic carbocycles. The molecule has 6 heteroatoms. The number of amides is 1. The molecular weight excluding hydrogens is 382 g/mol. The third-order valence-electron chi connectivity index (χ3n) is 5.25. The smallest absolute Gasteiger partial charge is 0.254 e. The molecule has 30 heavy (non-hydrogen) atoms. The van der Waals surface area contributed by atoms with Crippen LogP contribution in [0.4, 0.5) is 0 Å². The number of methoxy groups -OCH3 is 3. The van der Waals surface area contributed by atoms with Gasteiger partial charge in [-0.25, -0.2) is 0 Å². The lowest BCUT2D eigenvalue weighted by Gasteiger charge is -2.31. The van der Waals surface area contributed by atoms with Crippen LogP contribution in [0.1, 0.15) is 27.0 Å². The molecule has 3 aromatic rings. The van der Waals surface area contributed by atoms with Crippen LogP contribution in [0.5, 0.6) is 17.2 Å². The summed E-state index contributed by atoms with van der Waals surface area (Å²) in [6, 6.07) is 20.3. The molecule has 0 aromatic heterocycles. The number of hydrogen-bond donors (Lipinski definition) is 1. The summed E-state index contributed by atoms with van der Waals surface area (Å²) >= 11 is 0. The van der Waals surface area contributed by atoms with Crippen molar-refractivity contribution < 1.29 is 23.7 Å². The molecule has 1 unspecified atom stereocenters. The van der Waals surface area contributed by atoms with Crippen LogP contribution in [0.15, 0.2) is 66.7 Å². The standard InChI is InChI=1S/C24H23NO5/c1-27-19-11-9-16(10-12-19)23(26)25-24(18-7-5-4-6-8-18)20-14-22(29-3)21(28-2)13-17(20)15-30-24/h4-14H,15H2,1-3H3,(H,25,26). The quantitative estimate of drug-likeness (QED) is 0.674. The molecule has 1 aliphatic heterocycles. The molecule has 1 amide bonds. The minimum absolute atomic E-state index is 0.260. The molecule has 4 rings (SSSR count). The van der Waals surface area contributed by atoms with Crippen LogP contribution >= 0.6 is 0 Å². The number of nitrogens with one attached hydrogen (secondary N) is 1. The molecule has 6 nitrogen and oxygen atoms in total. The van der Waals surface area contributed by atoms with Crippen molar-refractivity contribution in [3.8, 4) is 17.2 Å². The molecule has 0 fully saturated rings. The lowest BCUT2D eigenvalue weighted by molar-refractivity contribution is -0.0267. The number of hydrogen-bond acceptors (Lipinski definition) is 5. The molecule has 0 aliphatic carbocycles. The van der Waals surface area contributed by atoms with Gasteiger partial charge < -0.3 is 24.3 Å². The maximum atomic E-state index is 13.2. The Labute approximate surface area is 175 Å². The highest BCUT2D eigenvalue weighted by Gasteiger charge is 2.44. The van der Waals surface area contributed by atoms with Gasteiger partial charge in [0.15, 0.2) is 17.2 Å². The third-order valence-corrected chi connectivity index (χ3v) is 5.25. The monoisotopic (exact) mass is 405 g/mol. The van der Waals surface area contributed by atoms with Gasteiger partial charge >= 0.3 is 0 Å². The highest BCUT2D eigenvalue weighted by Crippen LogP contribution is 2.44. The predicted octanol–water partition coefficient (Wildman–Crippen LogP) is 3.87. The Hall–Kier alpha value is -3.51. The first-order valence-electron chi connectivity index (χ1n) is 9.52. The van der Waals surface area contributed by atoms with E-state index in [1.807, 2.05) is 42.5 Å². The van der Waals surface area contributed by atoms with Gasteiger partial charge in [0.05, 0.1) is 27.9 Å². The van der Waals surface area contributed by atoms with Crippen molar-refractivity contribution in [2.45, 2.75) is 12.3 Å². The van der Waals surface area contributed by atoms with E-state index in [1.54, 1.807) is 45.6 Å². The second-order valence-electron chi connectivity index (χ2n) is 6.88. The molecule has 1 atom stereocenters. The zero-order valence-electron chi connectivity index (χ0n) is 17.1. The third kappa shape index (κ3) is 3.35. The fourth-order valence-electron chi connectivity index (χ4n) is 3.69. The molecule has 1 N–H and O–H groups in total. The summed E-state index contributed by atoms with van der Waals surface area (Å²) in [6.45, 7) is 0.327. The lowest BCUT2D eigenvalue weighted by atomic mass is 9.92. The van der Waals surface area contributed by atoms with Gasteiger partial charge in [-0.05, 0) is 42.0 Å². The van der Waals surface area contributed by atoms with Gasteiger partial charge in [-0.3, -0.25) is 4.79 Å². The summed E-state index contributed by atoms with van der Waals surface area (Å²) in [5.41, 5.74) is 1.91. The molecule has 1 aliphatic rings. The minimum Gasteiger partial charge on any atom is -0.497 e. The predicted molar refractivity (Wildman–Crippen MR) is 112 cm³/mol. The Morgan fingerprint density at radius 1 is 0.900 bits per heavy atom. The van der Waals surface area contributed by atoms with Crippen LogP contribution < -0.4 is 19.5 Å². The van der Waals surface area contributed by atoms with E-state index < -0.39 is 5.72 Å². The van der Waals surface area contributed by atoms with Gasteiger partial charge in [-0.15, -0.1) is 0 Å². The van der Waals surface area contributed by atoms with Crippen LogP contribution in [0.2, 0.25) is 0 Å². The summed E-state index contributed by atoms with van der Waals surface area (Å²) < 4.78 is 22.4. The van der Waals surface area contributed by atoms with Gasteiger partial charge in [0.1, 0.15) is 5.75 Å². The zero-order valence-corrected chi connectivity index (χ0v) is 17.1. The summed E-state index contributed by atoms with van der Waals surface area (Å²) in [6.07, 6.45) is 0. The van der Waals surface area contributed by atoms with Gasteiger partial charge in [0.25, 0.3) is 5.91 Å². The lowest BCUT2D eigenvalue weighted by Crippen LogP contribution is -2.46. The molecule has 0 spiro atoms. The van der Waals surface area contributed by atoms with Crippen LogP contribution in [0, 0.1) is 0 Å². The van der Waals surface area contributed by atoms with Gasteiger partial charge in [0, 0.05) is 16.7 Å². The van der Waals surface area contributed by atoms with Crippen LogP contribution in [0.25, 0.3) is 0 Å². The van der Waals surface area contributed by atoms with E-state index in [0.717, 1.165) is 16.7 Å². The number of rotatable bonds is 6. The van der Waals surface area contributed by atoms with Crippen molar-refractivity contribution in [2.24, 2.45) is 0 Å². The highest BCUT2D eigenvalue weighted by atomic mass is 16.5. The first-order valence-corrected chi connectivity index (χ1v) is 9.52. The molecule has 0 saturated heterocycles. The Morgan fingerprint density at radius 3 is 2.20 bits per heavy atom. The van der Waals surface area contributed by atoms with E-state index in [-0.39, 0.29) is 5.91 Å². The molecular formula is C24H23NO5. The van der Waals surface area contributed by atoms with Gasteiger partial charge in [-0.2, -0.15) is 0 Å². The maximum Gasteiger partial charge on any atom is 0.254 e. The summed E-state index contributed by atoms with van der Waals surface area (Å²) in [4.78, 5) is 13.2. The van der Waals surface area contributed by atoms with E-state index >= 15 is 0 Å². The van der Waals surface area contributed by atoms with E-state index in [9.17, 15) is 4.79 Å². The SMILES string of the molecule is COc1ccc(C(=O)NC2(c3ccccc3)OCc3cc(OC)c(OC)cc32)cc1. The average molecular weight is 405 g/mol. The van der Waals surface area contributed by atoms with E-state index in [2.05, 4.69) is 5.32 Å². The Morgan fingerprint density at radius 2 is 1.57 bits per heavy atom. The average Bonchev–Trinajstić information content (AvgIpc) is 3.16. The second-order valence-corrected chi connectivity index (χ2v) is 6.88. The van der Waals surface area contributed by atoms with Crippen molar-refractivity contribution >= 4 is 5.91 Å². The molecule has 0 bridgehead atoms. The normalized spacial score (nSPS) is 17.2. The molecule has 1 heterocycles. The molecule has 154 valence electrons. The van der Waals surface area contributed by atoms with Crippen molar-refractivity contribution in [3.63, 3.8) is 0 Å². The minimum atomic E-state index is -1.15. The highest BCUT2D eigenvalue weighted by molar-refractivity contribution is 5.95. The molecule has 0 radical (unpaired) electrons. The van der Waals surface area contributed by atoms with Crippen LogP contribution in [-0.2, 0) is 17.1 Å². The fourth-order valence-corrected chi connectivity index (χ4v) is 3.69. The zero-order chi connectivity index (χ0) is 21.1. The molecule has 0 saturated carbocycles. The van der Waals surface area contributed by atoms with E-state index in [0.29, 0.717) is 29.4 Å². The number of carbonyl (C=O) groups excluding carboxylic acids is 1. The van der Waals surface area contributed by atoms with Crippen molar-refractivity contribution in [1.29, 1.82) is 0 Å². The van der Waals surface area contributed by atoms with E-state index in [4.69, 9.17) is 18.9 Å². The van der Waals surface area contributed by atoms with Crippen LogP contribution in [0.3, 0.4) is 0 Å². The van der Waals surface area contributed by atoms with E-state index in [1.165, 1.54) is 0 Å². The van der Waals surface area contributed by atoms with Gasteiger partial charge in [0.2, 0.25) is 0 Å². The number of ether oxygens (including phenoxy) is 4. The Kier molecular flexibility index (Phi) is 5.33. The fraction of sp³-hybridized carbons (Fsp3) is 0.208. The first-order chi connectivity index (χ1) is 14.6. The number of carbonyl (C=O) groups is 1. The van der Waals surface area contributed by atoms with Crippen molar-refractivity contribution in [1.82, 2.24) is 5.32 Å². The van der Waals surface area contributed by atoms with Crippen molar-refractivity contribution in [2.75, 3.05) is 21.3 Å². The topological polar surface area (TPSA) is 66.0 Å². The number of fused-ring (bicyclic) bond motifs is 1. The largest absolute Gasteiger partial charge is 0.497 e.